The van der Waals surface area contributed by atoms with E-state index in [-0.39, 0.29) is 5.69 Å². The van der Waals surface area contributed by atoms with Gasteiger partial charge in [-0.1, -0.05) is 41.9 Å². The van der Waals surface area contributed by atoms with Gasteiger partial charge in [0.05, 0.1) is 11.4 Å². The van der Waals surface area contributed by atoms with Crippen LogP contribution in [0.4, 0.5) is 0 Å². The predicted molar refractivity (Wildman–Crippen MR) is 75.1 cm³/mol. The average molecular weight is 288 g/mol. The highest BCUT2D eigenvalue weighted by Gasteiger charge is 2.18. The first-order chi connectivity index (χ1) is 9.58. The van der Waals surface area contributed by atoms with Crippen molar-refractivity contribution in [1.29, 1.82) is 0 Å². The molecule has 0 bridgehead atoms. The second kappa shape index (κ2) is 4.61. The monoisotopic (exact) mass is 287 g/mol. The molecule has 0 spiro atoms. The molecule has 0 amide bonds. The van der Waals surface area contributed by atoms with Crippen LogP contribution < -0.4 is 0 Å². The zero-order valence-electron chi connectivity index (χ0n) is 10.5. The van der Waals surface area contributed by atoms with Crippen LogP contribution in [0.2, 0.25) is 5.02 Å². The number of rotatable bonds is 2. The fourth-order valence-corrected chi connectivity index (χ4v) is 2.17. The number of hydrogen-bond acceptors (Lipinski definition) is 3. The third kappa shape index (κ3) is 1.92. The molecule has 0 radical (unpaired) electrons. The van der Waals surface area contributed by atoms with Crippen LogP contribution in [-0.4, -0.2) is 25.7 Å². The number of fused-ring (bicyclic) bond motifs is 1. The largest absolute Gasteiger partial charge is 0.477 e. The third-order valence-electron chi connectivity index (χ3n) is 2.98. The fraction of sp³-hybridized carbons (Fsp3) is 0.0714. The van der Waals surface area contributed by atoms with Crippen LogP contribution in [0, 0.1) is 6.92 Å². The summed E-state index contributed by atoms with van der Waals surface area (Å²) < 4.78 is 1.26. The normalized spacial score (nSPS) is 10.9. The number of hydrogen-bond donors (Lipinski definition) is 1. The Hall–Kier alpha value is -2.40. The lowest BCUT2D eigenvalue weighted by Crippen LogP contribution is -2.08. The van der Waals surface area contributed by atoms with E-state index in [1.807, 2.05) is 30.3 Å². The molecule has 0 fully saturated rings. The van der Waals surface area contributed by atoms with Crippen molar-refractivity contribution >= 4 is 23.2 Å². The fourth-order valence-electron chi connectivity index (χ4n) is 2.01. The number of carboxylic acids is 1. The third-order valence-corrected chi connectivity index (χ3v) is 3.42. The highest BCUT2D eigenvalue weighted by Crippen LogP contribution is 2.25. The van der Waals surface area contributed by atoms with Crippen molar-refractivity contribution in [2.24, 2.45) is 0 Å². The maximum Gasteiger partial charge on any atom is 0.354 e. The maximum absolute atomic E-state index is 11.4. The molecule has 1 aromatic carbocycles. The van der Waals surface area contributed by atoms with Gasteiger partial charge in [-0.25, -0.2) is 14.3 Å². The maximum atomic E-state index is 11.4. The van der Waals surface area contributed by atoms with Crippen molar-refractivity contribution in [3.8, 4) is 11.3 Å². The molecule has 0 aliphatic carbocycles. The molecule has 2 aromatic heterocycles. The number of halogens is 1. The van der Waals surface area contributed by atoms with E-state index in [2.05, 4.69) is 10.1 Å². The highest BCUT2D eigenvalue weighted by atomic mass is 35.5. The van der Waals surface area contributed by atoms with E-state index < -0.39 is 5.97 Å². The first kappa shape index (κ1) is 12.6. The van der Waals surface area contributed by atoms with Gasteiger partial charge in [-0.05, 0) is 13.0 Å². The molecule has 0 saturated heterocycles. The molecular weight excluding hydrogens is 278 g/mol. The predicted octanol–water partition coefficient (Wildman–Crippen LogP) is 3.06. The molecule has 2 heterocycles. The summed E-state index contributed by atoms with van der Waals surface area (Å²) in [6.07, 6.45) is 0. The van der Waals surface area contributed by atoms with Crippen LogP contribution in [0.5, 0.6) is 0 Å². The van der Waals surface area contributed by atoms with Gasteiger partial charge >= 0.3 is 5.97 Å². The van der Waals surface area contributed by atoms with Gasteiger partial charge in [0.15, 0.2) is 11.3 Å². The second-order valence-corrected chi connectivity index (χ2v) is 4.71. The quantitative estimate of drug-likeness (QED) is 0.786. The number of aryl methyl sites for hydroxylation is 1. The Morgan fingerprint density at radius 3 is 2.65 bits per heavy atom. The lowest BCUT2D eigenvalue weighted by Gasteiger charge is -2.05. The van der Waals surface area contributed by atoms with Gasteiger partial charge < -0.3 is 5.11 Å². The molecule has 5 nitrogen and oxygen atoms in total. The van der Waals surface area contributed by atoms with E-state index in [1.165, 1.54) is 10.6 Å². The molecule has 100 valence electrons. The van der Waals surface area contributed by atoms with Crippen molar-refractivity contribution < 1.29 is 9.90 Å². The number of benzene rings is 1. The first-order valence-corrected chi connectivity index (χ1v) is 6.30. The summed E-state index contributed by atoms with van der Waals surface area (Å²) in [6, 6.07) is 10.8. The summed E-state index contributed by atoms with van der Waals surface area (Å²) in [5.41, 5.74) is 2.31. The van der Waals surface area contributed by atoms with E-state index in [4.69, 9.17) is 11.6 Å². The topological polar surface area (TPSA) is 67.5 Å². The van der Waals surface area contributed by atoms with E-state index >= 15 is 0 Å². The molecular formula is C14H10ClN3O2. The van der Waals surface area contributed by atoms with Crippen molar-refractivity contribution in [3.05, 3.63) is 52.8 Å². The van der Waals surface area contributed by atoms with Crippen molar-refractivity contribution in [2.45, 2.75) is 6.92 Å². The Labute approximate surface area is 119 Å². The van der Waals surface area contributed by atoms with Crippen LogP contribution in [0.15, 0.2) is 36.4 Å². The van der Waals surface area contributed by atoms with Crippen LogP contribution >= 0.6 is 11.6 Å². The van der Waals surface area contributed by atoms with E-state index in [0.717, 1.165) is 5.56 Å². The molecule has 6 heteroatoms. The summed E-state index contributed by atoms with van der Waals surface area (Å²) in [6.45, 7) is 1.71. The van der Waals surface area contributed by atoms with E-state index in [1.54, 1.807) is 6.92 Å². The van der Waals surface area contributed by atoms with E-state index in [9.17, 15) is 9.90 Å². The van der Waals surface area contributed by atoms with Gasteiger partial charge in [0, 0.05) is 5.56 Å². The average Bonchev–Trinajstić information content (AvgIpc) is 2.74. The van der Waals surface area contributed by atoms with Gasteiger partial charge in [-0.15, -0.1) is 0 Å². The Morgan fingerprint density at radius 2 is 2.00 bits per heavy atom. The van der Waals surface area contributed by atoms with Gasteiger partial charge in [0.1, 0.15) is 5.02 Å². The van der Waals surface area contributed by atoms with Crippen LogP contribution in [0.3, 0.4) is 0 Å². The van der Waals surface area contributed by atoms with Crippen molar-refractivity contribution in [1.82, 2.24) is 14.6 Å². The summed E-state index contributed by atoms with van der Waals surface area (Å²) >= 11 is 6.14. The molecule has 1 N–H and O–H groups in total. The molecule has 3 aromatic rings. The van der Waals surface area contributed by atoms with Crippen molar-refractivity contribution in [2.75, 3.05) is 0 Å². The number of carboxylic acid groups (broad SMARTS) is 1. The lowest BCUT2D eigenvalue weighted by molar-refractivity contribution is 0.0687. The minimum atomic E-state index is -1.08. The van der Waals surface area contributed by atoms with Crippen LogP contribution in [-0.2, 0) is 0 Å². The smallest absolute Gasteiger partial charge is 0.354 e. The minimum Gasteiger partial charge on any atom is -0.477 e. The number of aromatic carboxylic acids is 1. The molecule has 20 heavy (non-hydrogen) atoms. The lowest BCUT2D eigenvalue weighted by atomic mass is 10.1. The van der Waals surface area contributed by atoms with Gasteiger partial charge in [-0.2, -0.15) is 5.10 Å². The Bertz CT molecular complexity index is 812. The van der Waals surface area contributed by atoms with E-state index in [0.29, 0.717) is 22.1 Å². The van der Waals surface area contributed by atoms with Crippen LogP contribution in [0.25, 0.3) is 16.9 Å². The van der Waals surface area contributed by atoms with Crippen LogP contribution in [0.1, 0.15) is 16.2 Å². The minimum absolute atomic E-state index is 0.0313. The summed E-state index contributed by atoms with van der Waals surface area (Å²) in [7, 11) is 0. The van der Waals surface area contributed by atoms with Gasteiger partial charge in [-0.3, -0.25) is 0 Å². The standard InChI is InChI=1S/C14H10ClN3O2/c1-8-12(15)13-16-10(9-5-3-2-4-6-9)7-11(14(19)20)18(13)17-8/h2-7H,1H3,(H,19,20). The Balaban J connectivity index is 2.36. The molecule has 0 saturated carbocycles. The first-order valence-electron chi connectivity index (χ1n) is 5.92. The second-order valence-electron chi connectivity index (χ2n) is 4.33. The molecule has 0 aliphatic rings. The molecule has 0 unspecified atom stereocenters. The Morgan fingerprint density at radius 1 is 1.30 bits per heavy atom. The molecule has 0 aliphatic heterocycles. The van der Waals surface area contributed by atoms with Gasteiger partial charge in [0.2, 0.25) is 0 Å². The number of nitrogens with zero attached hydrogens (tertiary/aromatic N) is 3. The van der Waals surface area contributed by atoms with Gasteiger partial charge in [0.25, 0.3) is 0 Å². The summed E-state index contributed by atoms with van der Waals surface area (Å²) in [5, 5.41) is 13.8. The number of aromatic nitrogens is 3. The summed E-state index contributed by atoms with van der Waals surface area (Å²) in [4.78, 5) is 15.8. The number of carbonyl (C=O) groups is 1. The highest BCUT2D eigenvalue weighted by molar-refractivity contribution is 6.34. The SMILES string of the molecule is Cc1nn2c(C(=O)O)cc(-c3ccccc3)nc2c1Cl. The van der Waals surface area contributed by atoms with Crippen molar-refractivity contribution in [3.63, 3.8) is 0 Å². The molecule has 3 rings (SSSR count). The summed E-state index contributed by atoms with van der Waals surface area (Å²) in [5.74, 6) is -1.08. The molecule has 0 atom stereocenters. The zero-order valence-corrected chi connectivity index (χ0v) is 11.3. The Kier molecular flexibility index (Phi) is 2.91. The zero-order chi connectivity index (χ0) is 14.3.